The van der Waals surface area contributed by atoms with E-state index in [1.807, 2.05) is 38.1 Å². The Hall–Kier alpha value is -2.58. The van der Waals surface area contributed by atoms with Crippen molar-refractivity contribution in [1.82, 2.24) is 14.9 Å². The summed E-state index contributed by atoms with van der Waals surface area (Å²) in [5, 5.41) is 5.59. The first-order valence-electron chi connectivity index (χ1n) is 9.65. The van der Waals surface area contributed by atoms with E-state index in [-0.39, 0.29) is 10.9 Å². The van der Waals surface area contributed by atoms with Crippen LogP contribution in [0.15, 0.2) is 53.4 Å². The van der Waals surface area contributed by atoms with Gasteiger partial charge in [0.05, 0.1) is 12.0 Å². The number of carbonyl (C=O) groups excluding carboxylic acids is 1. The highest BCUT2D eigenvalue weighted by Crippen LogP contribution is 2.17. The standard InChI is InChI=1S/C21H29N3O4S/c1-4-24(5-2)29(26,27)19-12-10-17(11-13-19)16-23-21(25)22-15-14-18-8-6-7-9-20(18)28-3/h6-13H,4-5,14-16H2,1-3H3,(H2,22,23,25). The number of nitrogens with one attached hydrogen (secondary N) is 2. The van der Waals surface area contributed by atoms with E-state index in [0.717, 1.165) is 16.9 Å². The fourth-order valence-corrected chi connectivity index (χ4v) is 4.41. The van der Waals surface area contributed by atoms with E-state index in [9.17, 15) is 13.2 Å². The van der Waals surface area contributed by atoms with Gasteiger partial charge in [0.1, 0.15) is 5.75 Å². The molecule has 0 atom stereocenters. The van der Waals surface area contributed by atoms with Gasteiger partial charge in [0.15, 0.2) is 0 Å². The van der Waals surface area contributed by atoms with Gasteiger partial charge in [-0.25, -0.2) is 13.2 Å². The number of hydrogen-bond acceptors (Lipinski definition) is 4. The summed E-state index contributed by atoms with van der Waals surface area (Å²) in [6.45, 7) is 5.27. The maximum absolute atomic E-state index is 12.5. The van der Waals surface area contributed by atoms with Crippen LogP contribution in [0.2, 0.25) is 0 Å². The van der Waals surface area contributed by atoms with Crippen LogP contribution in [-0.4, -0.2) is 45.5 Å². The maximum Gasteiger partial charge on any atom is 0.315 e. The summed E-state index contributed by atoms with van der Waals surface area (Å²) < 4.78 is 31.7. The van der Waals surface area contributed by atoms with Gasteiger partial charge in [-0.05, 0) is 35.7 Å². The average molecular weight is 420 g/mol. The van der Waals surface area contributed by atoms with Crippen LogP contribution in [0, 0.1) is 0 Å². The smallest absolute Gasteiger partial charge is 0.315 e. The zero-order chi connectivity index (χ0) is 21.3. The largest absolute Gasteiger partial charge is 0.496 e. The lowest BCUT2D eigenvalue weighted by atomic mass is 10.1. The van der Waals surface area contributed by atoms with E-state index < -0.39 is 10.0 Å². The molecule has 2 amide bonds. The number of methoxy groups -OCH3 is 1. The summed E-state index contributed by atoms with van der Waals surface area (Å²) in [4.78, 5) is 12.3. The number of benzene rings is 2. The van der Waals surface area contributed by atoms with Crippen molar-refractivity contribution in [2.75, 3.05) is 26.7 Å². The third kappa shape index (κ3) is 6.20. The molecule has 0 bridgehead atoms. The summed E-state index contributed by atoms with van der Waals surface area (Å²) in [5.74, 6) is 0.800. The van der Waals surface area contributed by atoms with Crippen molar-refractivity contribution in [2.24, 2.45) is 0 Å². The van der Waals surface area contributed by atoms with Gasteiger partial charge in [0.2, 0.25) is 10.0 Å². The molecule has 8 heteroatoms. The van der Waals surface area contributed by atoms with Gasteiger partial charge in [-0.3, -0.25) is 0 Å². The molecule has 2 aromatic carbocycles. The Morgan fingerprint density at radius 3 is 2.28 bits per heavy atom. The number of urea groups is 1. The number of amides is 2. The van der Waals surface area contributed by atoms with Crippen molar-refractivity contribution >= 4 is 16.1 Å². The van der Waals surface area contributed by atoms with Crippen LogP contribution in [0.1, 0.15) is 25.0 Å². The second kappa shape index (κ2) is 10.8. The van der Waals surface area contributed by atoms with Gasteiger partial charge in [-0.1, -0.05) is 44.2 Å². The van der Waals surface area contributed by atoms with Crippen LogP contribution in [0.5, 0.6) is 5.75 Å². The van der Waals surface area contributed by atoms with Crippen molar-refractivity contribution in [2.45, 2.75) is 31.7 Å². The Morgan fingerprint density at radius 2 is 1.66 bits per heavy atom. The number of ether oxygens (including phenoxy) is 1. The number of nitrogens with zero attached hydrogens (tertiary/aromatic N) is 1. The Balaban J connectivity index is 1.83. The number of para-hydroxylation sites is 1. The molecule has 29 heavy (non-hydrogen) atoms. The first-order chi connectivity index (χ1) is 13.9. The quantitative estimate of drug-likeness (QED) is 0.620. The van der Waals surface area contributed by atoms with Crippen LogP contribution >= 0.6 is 0 Å². The van der Waals surface area contributed by atoms with Crippen molar-refractivity contribution in [3.8, 4) is 5.75 Å². The van der Waals surface area contributed by atoms with E-state index in [1.165, 1.54) is 4.31 Å². The van der Waals surface area contributed by atoms with Gasteiger partial charge >= 0.3 is 6.03 Å². The predicted molar refractivity (Wildman–Crippen MR) is 113 cm³/mol. The molecular weight excluding hydrogens is 390 g/mol. The minimum atomic E-state index is -3.47. The van der Waals surface area contributed by atoms with Crippen LogP contribution in [0.3, 0.4) is 0 Å². The van der Waals surface area contributed by atoms with E-state index in [1.54, 1.807) is 31.4 Å². The highest BCUT2D eigenvalue weighted by atomic mass is 32.2. The lowest BCUT2D eigenvalue weighted by molar-refractivity contribution is 0.240. The molecule has 0 unspecified atom stereocenters. The molecule has 0 spiro atoms. The highest BCUT2D eigenvalue weighted by molar-refractivity contribution is 7.89. The fourth-order valence-electron chi connectivity index (χ4n) is 2.96. The third-order valence-corrected chi connectivity index (χ3v) is 6.66. The zero-order valence-electron chi connectivity index (χ0n) is 17.1. The molecular formula is C21H29N3O4S. The molecule has 0 saturated carbocycles. The summed E-state index contributed by atoms with van der Waals surface area (Å²) >= 11 is 0. The van der Waals surface area contributed by atoms with E-state index in [2.05, 4.69) is 10.6 Å². The van der Waals surface area contributed by atoms with Crippen molar-refractivity contribution in [3.63, 3.8) is 0 Å². The molecule has 2 aromatic rings. The Labute approximate surface area is 173 Å². The number of carbonyl (C=O) groups is 1. The maximum atomic E-state index is 12.5. The fraction of sp³-hybridized carbons (Fsp3) is 0.381. The van der Waals surface area contributed by atoms with Gasteiger partial charge in [-0.2, -0.15) is 4.31 Å². The van der Waals surface area contributed by atoms with Crippen LogP contribution < -0.4 is 15.4 Å². The van der Waals surface area contributed by atoms with Crippen molar-refractivity contribution in [1.29, 1.82) is 0 Å². The monoisotopic (exact) mass is 419 g/mol. The van der Waals surface area contributed by atoms with E-state index >= 15 is 0 Å². The second-order valence-electron chi connectivity index (χ2n) is 6.40. The molecule has 0 aliphatic heterocycles. The minimum Gasteiger partial charge on any atom is -0.496 e. The van der Waals surface area contributed by atoms with E-state index in [4.69, 9.17) is 4.74 Å². The summed E-state index contributed by atoms with van der Waals surface area (Å²) in [7, 11) is -1.85. The lowest BCUT2D eigenvalue weighted by Gasteiger charge is -2.18. The Morgan fingerprint density at radius 1 is 1.00 bits per heavy atom. The predicted octanol–water partition coefficient (Wildman–Crippen LogP) is 2.77. The van der Waals surface area contributed by atoms with Crippen LogP contribution in [0.25, 0.3) is 0 Å². The average Bonchev–Trinajstić information content (AvgIpc) is 2.73. The molecule has 0 aliphatic rings. The minimum absolute atomic E-state index is 0.256. The molecule has 2 N–H and O–H groups in total. The molecule has 0 fully saturated rings. The van der Waals surface area contributed by atoms with Crippen LogP contribution in [0.4, 0.5) is 4.79 Å². The van der Waals surface area contributed by atoms with Crippen molar-refractivity contribution in [3.05, 3.63) is 59.7 Å². The SMILES string of the molecule is CCN(CC)S(=O)(=O)c1ccc(CNC(=O)NCCc2ccccc2OC)cc1. The third-order valence-electron chi connectivity index (χ3n) is 4.59. The summed E-state index contributed by atoms with van der Waals surface area (Å²) in [6, 6.07) is 14.0. The molecule has 0 heterocycles. The molecule has 0 aromatic heterocycles. The van der Waals surface area contributed by atoms with Gasteiger partial charge < -0.3 is 15.4 Å². The Bertz CT molecular complexity index is 894. The molecule has 158 valence electrons. The number of hydrogen-bond donors (Lipinski definition) is 2. The van der Waals surface area contributed by atoms with Crippen LogP contribution in [-0.2, 0) is 23.0 Å². The highest BCUT2D eigenvalue weighted by Gasteiger charge is 2.21. The van der Waals surface area contributed by atoms with E-state index in [0.29, 0.717) is 32.6 Å². The van der Waals surface area contributed by atoms with Gasteiger partial charge in [0.25, 0.3) is 0 Å². The topological polar surface area (TPSA) is 87.7 Å². The molecule has 0 saturated heterocycles. The van der Waals surface area contributed by atoms with Gasteiger partial charge in [-0.15, -0.1) is 0 Å². The Kier molecular flexibility index (Phi) is 8.48. The van der Waals surface area contributed by atoms with Crippen molar-refractivity contribution < 1.29 is 17.9 Å². The first kappa shape index (κ1) is 22.7. The van der Waals surface area contributed by atoms with Gasteiger partial charge in [0, 0.05) is 26.2 Å². The summed E-state index contributed by atoms with van der Waals surface area (Å²) in [6.07, 6.45) is 0.662. The normalized spacial score (nSPS) is 11.3. The summed E-state index contributed by atoms with van der Waals surface area (Å²) in [5.41, 5.74) is 1.85. The lowest BCUT2D eigenvalue weighted by Crippen LogP contribution is -2.36. The zero-order valence-corrected chi connectivity index (χ0v) is 18.0. The second-order valence-corrected chi connectivity index (χ2v) is 8.34. The number of sulfonamides is 1. The number of rotatable bonds is 10. The molecule has 2 rings (SSSR count). The first-order valence-corrected chi connectivity index (χ1v) is 11.1. The molecule has 0 aliphatic carbocycles. The molecule has 0 radical (unpaired) electrons. The molecule has 7 nitrogen and oxygen atoms in total.